The minimum atomic E-state index is -0.481. The summed E-state index contributed by atoms with van der Waals surface area (Å²) in [5.41, 5.74) is 0.0776. The average Bonchev–Trinajstić information content (AvgIpc) is 2.60. The van der Waals surface area contributed by atoms with Gasteiger partial charge in [0.25, 0.3) is 11.5 Å². The molecule has 0 radical (unpaired) electrons. The average molecular weight is 360 g/mol. The summed E-state index contributed by atoms with van der Waals surface area (Å²) in [6, 6.07) is 11.1. The molecule has 1 aromatic heterocycles. The third kappa shape index (κ3) is 3.13. The zero-order valence-corrected chi connectivity index (χ0v) is 14.4. The van der Waals surface area contributed by atoms with E-state index in [-0.39, 0.29) is 28.4 Å². The van der Waals surface area contributed by atoms with Crippen LogP contribution in [-0.2, 0) is 13.6 Å². The van der Waals surface area contributed by atoms with E-state index in [4.69, 9.17) is 11.6 Å². The van der Waals surface area contributed by atoms with Crippen molar-refractivity contribution in [1.82, 2.24) is 14.7 Å². The van der Waals surface area contributed by atoms with E-state index >= 15 is 0 Å². The number of amides is 1. The number of aromatic nitrogens is 2. The van der Waals surface area contributed by atoms with Crippen LogP contribution < -0.4 is 5.56 Å². The molecule has 0 aliphatic rings. The zero-order valence-electron chi connectivity index (χ0n) is 13.7. The van der Waals surface area contributed by atoms with Gasteiger partial charge < -0.3 is 4.90 Å². The lowest BCUT2D eigenvalue weighted by Crippen LogP contribution is -2.31. The van der Waals surface area contributed by atoms with Gasteiger partial charge in [-0.1, -0.05) is 35.9 Å². The molecule has 0 fully saturated rings. The normalized spacial score (nSPS) is 10.9. The molecule has 0 aliphatic heterocycles. The number of rotatable bonds is 3. The van der Waals surface area contributed by atoms with Crippen molar-refractivity contribution in [1.29, 1.82) is 0 Å². The summed E-state index contributed by atoms with van der Waals surface area (Å²) in [5.74, 6) is -0.906. The predicted molar refractivity (Wildman–Crippen MR) is 94.2 cm³/mol. The molecule has 0 aliphatic carbocycles. The molecule has 0 unspecified atom stereocenters. The fraction of sp³-hybridized carbons (Fsp3) is 0.167. The van der Waals surface area contributed by atoms with Gasteiger partial charge in [0.1, 0.15) is 5.82 Å². The molecular formula is C18H15ClFN3O2. The van der Waals surface area contributed by atoms with Crippen LogP contribution in [-0.4, -0.2) is 27.6 Å². The van der Waals surface area contributed by atoms with E-state index in [9.17, 15) is 14.0 Å². The Balaban J connectivity index is 2.03. The maximum atomic E-state index is 14.0. The van der Waals surface area contributed by atoms with Gasteiger partial charge in [-0.15, -0.1) is 0 Å². The summed E-state index contributed by atoms with van der Waals surface area (Å²) >= 11 is 6.03. The van der Waals surface area contributed by atoms with Crippen molar-refractivity contribution >= 4 is 28.3 Å². The predicted octanol–water partition coefficient (Wildman–Crippen LogP) is 3.00. The molecule has 0 saturated heterocycles. The van der Waals surface area contributed by atoms with E-state index in [0.717, 1.165) is 4.68 Å². The molecule has 3 aromatic rings. The fourth-order valence-electron chi connectivity index (χ4n) is 2.63. The molecule has 0 saturated carbocycles. The monoisotopic (exact) mass is 359 g/mol. The van der Waals surface area contributed by atoms with Crippen LogP contribution in [0.5, 0.6) is 0 Å². The Morgan fingerprint density at radius 2 is 1.88 bits per heavy atom. The molecule has 0 N–H and O–H groups in total. The first kappa shape index (κ1) is 17.1. The van der Waals surface area contributed by atoms with Gasteiger partial charge in [-0.05, 0) is 18.2 Å². The van der Waals surface area contributed by atoms with E-state index in [1.54, 1.807) is 30.3 Å². The Morgan fingerprint density at radius 1 is 1.20 bits per heavy atom. The van der Waals surface area contributed by atoms with E-state index in [0.29, 0.717) is 10.8 Å². The standard InChI is InChI=1S/C18H15ClFN3O2/c1-22(10-13-14(19)8-5-9-15(13)20)18(25)16-11-6-3-4-7-12(11)17(24)23(2)21-16/h3-9H,10H2,1-2H3. The van der Waals surface area contributed by atoms with Gasteiger partial charge >= 0.3 is 0 Å². The van der Waals surface area contributed by atoms with Crippen LogP contribution in [0.3, 0.4) is 0 Å². The lowest BCUT2D eigenvalue weighted by molar-refractivity contribution is 0.0778. The first-order valence-electron chi connectivity index (χ1n) is 7.54. The third-order valence-corrected chi connectivity index (χ3v) is 4.32. The van der Waals surface area contributed by atoms with Crippen LogP contribution >= 0.6 is 11.6 Å². The summed E-state index contributed by atoms with van der Waals surface area (Å²) in [6.45, 7) is -0.0107. The van der Waals surface area contributed by atoms with Crippen LogP contribution in [0.15, 0.2) is 47.3 Å². The summed E-state index contributed by atoms with van der Waals surface area (Å²) in [5, 5.41) is 5.21. The second-order valence-electron chi connectivity index (χ2n) is 5.68. The maximum absolute atomic E-state index is 14.0. The van der Waals surface area contributed by atoms with Crippen molar-refractivity contribution in [3.63, 3.8) is 0 Å². The molecule has 0 spiro atoms. The SMILES string of the molecule is CN(Cc1c(F)cccc1Cl)C(=O)c1nn(C)c(=O)c2ccccc12. The number of hydrogen-bond donors (Lipinski definition) is 0. The van der Waals surface area contributed by atoms with Gasteiger partial charge in [0.2, 0.25) is 0 Å². The number of carbonyl (C=O) groups is 1. The Labute approximate surface area is 148 Å². The van der Waals surface area contributed by atoms with Crippen LogP contribution in [0.4, 0.5) is 4.39 Å². The summed E-state index contributed by atoms with van der Waals surface area (Å²) in [6.07, 6.45) is 0. The quantitative estimate of drug-likeness (QED) is 0.722. The summed E-state index contributed by atoms with van der Waals surface area (Å²) < 4.78 is 15.1. The van der Waals surface area contributed by atoms with Crippen LogP contribution in [0.25, 0.3) is 10.8 Å². The summed E-state index contributed by atoms with van der Waals surface area (Å²) in [4.78, 5) is 26.3. The smallest absolute Gasteiger partial charge is 0.274 e. The Hall–Kier alpha value is -2.73. The van der Waals surface area contributed by atoms with Crippen LogP contribution in [0.2, 0.25) is 5.02 Å². The van der Waals surface area contributed by atoms with Gasteiger partial charge in [0, 0.05) is 30.1 Å². The van der Waals surface area contributed by atoms with E-state index in [1.165, 1.54) is 31.1 Å². The van der Waals surface area contributed by atoms with Gasteiger partial charge in [-0.3, -0.25) is 9.59 Å². The molecule has 3 rings (SSSR count). The largest absolute Gasteiger partial charge is 0.336 e. The van der Waals surface area contributed by atoms with E-state index < -0.39 is 11.7 Å². The molecule has 0 bridgehead atoms. The van der Waals surface area contributed by atoms with Crippen LogP contribution in [0, 0.1) is 5.82 Å². The highest BCUT2D eigenvalue weighted by Gasteiger charge is 2.21. The van der Waals surface area contributed by atoms with Crippen molar-refractivity contribution in [2.75, 3.05) is 7.05 Å². The second-order valence-corrected chi connectivity index (χ2v) is 6.09. The van der Waals surface area contributed by atoms with Gasteiger partial charge in [0.15, 0.2) is 5.69 Å². The number of hydrogen-bond acceptors (Lipinski definition) is 3. The molecular weight excluding hydrogens is 345 g/mol. The molecule has 128 valence electrons. The van der Waals surface area contributed by atoms with Gasteiger partial charge in [0.05, 0.1) is 11.9 Å². The van der Waals surface area contributed by atoms with Crippen molar-refractivity contribution in [3.05, 3.63) is 74.9 Å². The number of carbonyl (C=O) groups excluding carboxylic acids is 1. The van der Waals surface area contributed by atoms with E-state index in [2.05, 4.69) is 5.10 Å². The highest BCUT2D eigenvalue weighted by Crippen LogP contribution is 2.22. The maximum Gasteiger partial charge on any atom is 0.274 e. The van der Waals surface area contributed by atoms with Crippen molar-refractivity contribution in [3.8, 4) is 0 Å². The summed E-state index contributed by atoms with van der Waals surface area (Å²) in [7, 11) is 3.02. The van der Waals surface area contributed by atoms with Gasteiger partial charge in [-0.2, -0.15) is 5.10 Å². The molecule has 2 aromatic carbocycles. The Morgan fingerprint density at radius 3 is 2.56 bits per heavy atom. The number of nitrogens with zero attached hydrogens (tertiary/aromatic N) is 3. The number of fused-ring (bicyclic) bond motifs is 1. The molecule has 5 nitrogen and oxygen atoms in total. The van der Waals surface area contributed by atoms with Gasteiger partial charge in [-0.25, -0.2) is 9.07 Å². The Kier molecular flexibility index (Phi) is 4.55. The molecule has 7 heteroatoms. The minimum Gasteiger partial charge on any atom is -0.336 e. The van der Waals surface area contributed by atoms with Crippen molar-refractivity contribution in [2.24, 2.45) is 7.05 Å². The third-order valence-electron chi connectivity index (χ3n) is 3.96. The number of halogens is 2. The van der Waals surface area contributed by atoms with Crippen molar-refractivity contribution < 1.29 is 9.18 Å². The first-order chi connectivity index (χ1) is 11.9. The minimum absolute atomic E-state index is 0.0107. The van der Waals surface area contributed by atoms with Crippen LogP contribution in [0.1, 0.15) is 16.1 Å². The number of benzene rings is 2. The lowest BCUT2D eigenvalue weighted by atomic mass is 10.1. The Bertz CT molecular complexity index is 1010. The molecule has 1 heterocycles. The lowest BCUT2D eigenvalue weighted by Gasteiger charge is -2.19. The van der Waals surface area contributed by atoms with Crippen molar-refractivity contribution in [2.45, 2.75) is 6.54 Å². The topological polar surface area (TPSA) is 55.2 Å². The molecule has 0 atom stereocenters. The highest BCUT2D eigenvalue weighted by atomic mass is 35.5. The molecule has 1 amide bonds. The first-order valence-corrected chi connectivity index (χ1v) is 7.92. The second kappa shape index (κ2) is 6.64. The highest BCUT2D eigenvalue weighted by molar-refractivity contribution is 6.31. The van der Waals surface area contributed by atoms with E-state index in [1.807, 2.05) is 0 Å². The fourth-order valence-corrected chi connectivity index (χ4v) is 2.85. The number of aryl methyl sites for hydroxylation is 1. The molecule has 25 heavy (non-hydrogen) atoms. The zero-order chi connectivity index (χ0) is 18.1.